The molecule has 11 rings (SSSR count). The molecular formula is C55H53BN2OS. The Bertz CT molecular complexity index is 3070. The normalized spacial score (nSPS) is 15.3. The smallest absolute Gasteiger partial charge is 0.269 e. The van der Waals surface area contributed by atoms with Gasteiger partial charge in [0, 0.05) is 53.9 Å². The number of furan rings is 1. The highest BCUT2D eigenvalue weighted by molar-refractivity contribution is 7.34. The van der Waals surface area contributed by atoms with Gasteiger partial charge in [-0.05, 0) is 121 Å². The maximum atomic E-state index is 7.17. The Morgan fingerprint density at radius 2 is 1.12 bits per heavy atom. The molecule has 1 aliphatic carbocycles. The van der Waals surface area contributed by atoms with Crippen LogP contribution in [0.5, 0.6) is 0 Å². The molecule has 0 N–H and O–H groups in total. The van der Waals surface area contributed by atoms with Crippen molar-refractivity contribution in [3.05, 3.63) is 149 Å². The van der Waals surface area contributed by atoms with Crippen molar-refractivity contribution in [1.82, 2.24) is 0 Å². The fraction of sp³-hybridized carbons (Fsp3) is 0.273. The first-order chi connectivity index (χ1) is 28.4. The van der Waals surface area contributed by atoms with E-state index >= 15 is 0 Å². The van der Waals surface area contributed by atoms with Gasteiger partial charge < -0.3 is 9.32 Å². The van der Waals surface area contributed by atoms with Gasteiger partial charge in [-0.3, -0.25) is 4.90 Å². The van der Waals surface area contributed by atoms with Crippen molar-refractivity contribution < 1.29 is 4.42 Å². The van der Waals surface area contributed by atoms with E-state index in [-0.39, 0.29) is 28.4 Å². The average Bonchev–Trinajstić information content (AvgIpc) is 3.84. The van der Waals surface area contributed by atoms with Crippen LogP contribution < -0.4 is 25.5 Å². The van der Waals surface area contributed by atoms with Crippen molar-refractivity contribution in [3.63, 3.8) is 0 Å². The molecule has 0 saturated carbocycles. The average molecular weight is 801 g/mol. The molecular weight excluding hydrogens is 747 g/mol. The Labute approximate surface area is 359 Å². The summed E-state index contributed by atoms with van der Waals surface area (Å²) in [6.45, 7) is 25.4. The number of rotatable bonds is 2. The number of nitrogens with zero attached hydrogens (tertiary/aromatic N) is 2. The highest BCUT2D eigenvalue weighted by Gasteiger charge is 2.48. The van der Waals surface area contributed by atoms with Crippen molar-refractivity contribution in [3.8, 4) is 11.1 Å². The monoisotopic (exact) mass is 800 g/mol. The molecule has 0 amide bonds. The Hall–Kier alpha value is -5.52. The van der Waals surface area contributed by atoms with E-state index in [2.05, 4.69) is 207 Å². The summed E-state index contributed by atoms with van der Waals surface area (Å²) >= 11 is 1.98. The molecule has 0 bridgehead atoms. The number of hydrogen-bond acceptors (Lipinski definition) is 4. The lowest BCUT2D eigenvalue weighted by Gasteiger charge is -2.41. The minimum Gasteiger partial charge on any atom is -0.440 e. The van der Waals surface area contributed by atoms with Crippen LogP contribution in [0.2, 0.25) is 0 Å². The van der Waals surface area contributed by atoms with E-state index < -0.39 is 0 Å². The number of benzene rings is 6. The molecule has 6 aromatic carbocycles. The molecule has 0 atom stereocenters. The summed E-state index contributed by atoms with van der Waals surface area (Å²) < 4.78 is 9.87. The van der Waals surface area contributed by atoms with E-state index in [1.165, 1.54) is 92.9 Å². The van der Waals surface area contributed by atoms with E-state index in [9.17, 15) is 0 Å². The number of fused-ring (bicyclic) bond motifs is 11. The lowest BCUT2D eigenvalue weighted by molar-refractivity contribution is 0.589. The zero-order chi connectivity index (χ0) is 41.8. The van der Waals surface area contributed by atoms with Crippen LogP contribution >= 0.6 is 11.3 Å². The standard InChI is InChI=1S/C55H53BN2OS/c1-52(2,3)32-19-24-35(25-20-32)57-43-17-14-18-44-48(43)56(50-49(57)40-30-38-37-15-12-13-16-41(37)55(10,11)42(38)31-46(40)60-50)47-39-29-34(54(7,8)9)23-28-45(39)59-51(47)58(44)36-26-21-33(22-27-36)53(4,5)6/h12-31H,1-11H3. The van der Waals surface area contributed by atoms with Crippen LogP contribution in [-0.2, 0) is 21.7 Å². The largest absolute Gasteiger partial charge is 0.440 e. The van der Waals surface area contributed by atoms with E-state index in [0.29, 0.717) is 0 Å². The minimum absolute atomic E-state index is 0.0203. The van der Waals surface area contributed by atoms with Gasteiger partial charge >= 0.3 is 0 Å². The Kier molecular flexibility index (Phi) is 7.68. The van der Waals surface area contributed by atoms with Crippen molar-refractivity contribution in [2.75, 3.05) is 9.80 Å². The third-order valence-electron chi connectivity index (χ3n) is 13.8. The van der Waals surface area contributed by atoms with Crippen LogP contribution in [0.4, 0.5) is 34.3 Å². The van der Waals surface area contributed by atoms with Gasteiger partial charge in [0.25, 0.3) is 6.71 Å². The Morgan fingerprint density at radius 1 is 0.533 bits per heavy atom. The van der Waals surface area contributed by atoms with Crippen LogP contribution in [0.25, 0.3) is 32.2 Å². The lowest BCUT2D eigenvalue weighted by Crippen LogP contribution is -2.60. The van der Waals surface area contributed by atoms with Gasteiger partial charge in [0.05, 0.1) is 5.69 Å². The highest BCUT2D eigenvalue weighted by atomic mass is 32.1. The molecule has 3 nitrogen and oxygen atoms in total. The van der Waals surface area contributed by atoms with Crippen LogP contribution in [0, 0.1) is 0 Å². The minimum atomic E-state index is -0.0889. The zero-order valence-electron chi connectivity index (χ0n) is 36.8. The molecule has 298 valence electrons. The number of anilines is 6. The molecule has 0 radical (unpaired) electrons. The second kappa shape index (κ2) is 12.3. The number of hydrogen-bond donors (Lipinski definition) is 0. The number of thiophene rings is 1. The quantitative estimate of drug-likeness (QED) is 0.162. The summed E-state index contributed by atoms with van der Waals surface area (Å²) in [5.41, 5.74) is 18.9. The summed E-state index contributed by atoms with van der Waals surface area (Å²) in [6, 6.07) is 46.4. The molecule has 0 spiro atoms. The zero-order valence-corrected chi connectivity index (χ0v) is 37.7. The lowest BCUT2D eigenvalue weighted by atomic mass is 9.36. The molecule has 60 heavy (non-hydrogen) atoms. The molecule has 2 aromatic heterocycles. The van der Waals surface area contributed by atoms with Gasteiger partial charge in [0.15, 0.2) is 0 Å². The molecule has 4 heterocycles. The first-order valence-electron chi connectivity index (χ1n) is 21.6. The Balaban J connectivity index is 1.25. The fourth-order valence-corrected chi connectivity index (χ4v) is 11.7. The van der Waals surface area contributed by atoms with Crippen molar-refractivity contribution in [1.29, 1.82) is 0 Å². The van der Waals surface area contributed by atoms with Gasteiger partial charge in [-0.25, -0.2) is 0 Å². The second-order valence-electron chi connectivity index (χ2n) is 21.1. The van der Waals surface area contributed by atoms with Crippen LogP contribution in [-0.4, -0.2) is 6.71 Å². The third kappa shape index (κ3) is 5.27. The second-order valence-corrected chi connectivity index (χ2v) is 22.2. The molecule has 0 saturated heterocycles. The SMILES string of the molecule is CC(C)(C)c1ccc(N2c3cccc4c3B(c3sc5cc6c(cc5c3N4c3ccc(C(C)(C)C)cc3)-c3ccccc3C6(C)C)c3c2oc2ccc(C(C)(C)C)cc32)cc1. The molecule has 2 aliphatic heterocycles. The van der Waals surface area contributed by atoms with Crippen LogP contribution in [0.3, 0.4) is 0 Å². The van der Waals surface area contributed by atoms with Crippen LogP contribution in [0.15, 0.2) is 126 Å². The summed E-state index contributed by atoms with van der Waals surface area (Å²) in [4.78, 5) is 4.99. The summed E-state index contributed by atoms with van der Waals surface area (Å²) in [5.74, 6) is 0.915. The van der Waals surface area contributed by atoms with E-state index in [4.69, 9.17) is 4.42 Å². The highest BCUT2D eigenvalue weighted by Crippen LogP contribution is 2.54. The third-order valence-corrected chi connectivity index (χ3v) is 15.0. The first kappa shape index (κ1) is 37.5. The van der Waals surface area contributed by atoms with Crippen LogP contribution in [0.1, 0.15) is 104 Å². The van der Waals surface area contributed by atoms with Crippen molar-refractivity contribution in [2.45, 2.75) is 97.8 Å². The van der Waals surface area contributed by atoms with Crippen molar-refractivity contribution in [2.24, 2.45) is 0 Å². The van der Waals surface area contributed by atoms with E-state index in [1.54, 1.807) is 0 Å². The first-order valence-corrected chi connectivity index (χ1v) is 22.4. The van der Waals surface area contributed by atoms with Gasteiger partial charge in [-0.1, -0.05) is 137 Å². The van der Waals surface area contributed by atoms with Gasteiger partial charge in [-0.2, -0.15) is 0 Å². The summed E-state index contributed by atoms with van der Waals surface area (Å²) in [6.07, 6.45) is 0. The molecule has 5 heteroatoms. The summed E-state index contributed by atoms with van der Waals surface area (Å²) in [5, 5.41) is 2.50. The summed E-state index contributed by atoms with van der Waals surface area (Å²) in [7, 11) is 0. The predicted octanol–water partition coefficient (Wildman–Crippen LogP) is 13.9. The fourth-order valence-electron chi connectivity index (χ4n) is 10.3. The van der Waals surface area contributed by atoms with Gasteiger partial charge in [-0.15, -0.1) is 11.3 Å². The topological polar surface area (TPSA) is 19.6 Å². The van der Waals surface area contributed by atoms with E-state index in [0.717, 1.165) is 17.2 Å². The predicted molar refractivity (Wildman–Crippen MR) is 259 cm³/mol. The Morgan fingerprint density at radius 3 is 1.75 bits per heavy atom. The maximum Gasteiger partial charge on any atom is 0.269 e. The van der Waals surface area contributed by atoms with Gasteiger partial charge in [0.2, 0.25) is 5.88 Å². The van der Waals surface area contributed by atoms with E-state index in [1.807, 2.05) is 11.3 Å². The van der Waals surface area contributed by atoms with Gasteiger partial charge in [0.1, 0.15) is 5.58 Å². The molecule has 0 unspecified atom stereocenters. The van der Waals surface area contributed by atoms with Crippen molar-refractivity contribution >= 4 is 89.1 Å². The maximum absolute atomic E-state index is 7.17. The molecule has 0 fully saturated rings. The molecule has 3 aliphatic rings. The molecule has 8 aromatic rings.